The van der Waals surface area contributed by atoms with Crippen LogP contribution in [0.4, 0.5) is 0 Å². The summed E-state index contributed by atoms with van der Waals surface area (Å²) in [4.78, 5) is 0. The molecular formula is C10H11N3. The van der Waals surface area contributed by atoms with Crippen LogP contribution < -0.4 is 5.32 Å². The van der Waals surface area contributed by atoms with E-state index < -0.39 is 0 Å². The molecule has 3 nitrogen and oxygen atoms in total. The molecule has 3 heteroatoms. The van der Waals surface area contributed by atoms with Gasteiger partial charge in [0.05, 0.1) is 6.04 Å². The van der Waals surface area contributed by atoms with E-state index in [1.807, 2.05) is 13.8 Å². The number of rotatable bonds is 3. The first-order chi connectivity index (χ1) is 6.15. The van der Waals surface area contributed by atoms with Crippen molar-refractivity contribution in [3.8, 4) is 24.5 Å². The van der Waals surface area contributed by atoms with Gasteiger partial charge in [0, 0.05) is 6.20 Å². The summed E-state index contributed by atoms with van der Waals surface area (Å²) in [6.45, 7) is 3.92. The van der Waals surface area contributed by atoms with E-state index in [0.717, 1.165) is 0 Å². The van der Waals surface area contributed by atoms with Gasteiger partial charge in [-0.15, -0.1) is 6.42 Å². The molecule has 1 atom stereocenters. The molecule has 0 aliphatic rings. The highest BCUT2D eigenvalue weighted by Crippen LogP contribution is 2.00. The van der Waals surface area contributed by atoms with Gasteiger partial charge < -0.3 is 5.32 Å². The Balaban J connectivity index is 4.33. The molecule has 0 aromatic carbocycles. The minimum absolute atomic E-state index is 0.0286. The fourth-order valence-electron chi connectivity index (χ4n) is 0.696. The third-order valence-corrected chi connectivity index (χ3v) is 1.49. The molecule has 0 spiro atoms. The smallest absolute Gasteiger partial charge is 0.145 e. The lowest BCUT2D eigenvalue weighted by Crippen LogP contribution is -2.28. The van der Waals surface area contributed by atoms with Crippen LogP contribution in [0.25, 0.3) is 0 Å². The second kappa shape index (κ2) is 5.70. The molecule has 0 radical (unpaired) electrons. The molecule has 0 aliphatic heterocycles. The lowest BCUT2D eigenvalue weighted by Gasteiger charge is -2.14. The van der Waals surface area contributed by atoms with E-state index in [1.165, 1.54) is 6.20 Å². The maximum absolute atomic E-state index is 8.42. The molecule has 0 amide bonds. The maximum Gasteiger partial charge on any atom is 0.145 e. The fourth-order valence-corrected chi connectivity index (χ4v) is 0.696. The zero-order valence-electron chi connectivity index (χ0n) is 7.70. The Labute approximate surface area is 78.7 Å². The van der Waals surface area contributed by atoms with Crippen LogP contribution in [-0.4, -0.2) is 6.04 Å². The predicted octanol–water partition coefficient (Wildman–Crippen LogP) is 1.16. The van der Waals surface area contributed by atoms with Crippen molar-refractivity contribution in [2.45, 2.75) is 19.9 Å². The molecule has 0 aromatic heterocycles. The minimum atomic E-state index is -0.142. The Hall–Kier alpha value is -1.92. The topological polar surface area (TPSA) is 59.6 Å². The normalized spacial score (nSPS) is 10.5. The minimum Gasteiger partial charge on any atom is -0.376 e. The second-order valence-corrected chi connectivity index (χ2v) is 2.84. The van der Waals surface area contributed by atoms with Gasteiger partial charge in [0.15, 0.2) is 0 Å². The molecule has 0 rings (SSSR count). The van der Waals surface area contributed by atoms with Crippen LogP contribution in [0, 0.1) is 40.9 Å². The van der Waals surface area contributed by atoms with Crippen LogP contribution >= 0.6 is 0 Å². The largest absolute Gasteiger partial charge is 0.376 e. The molecule has 66 valence electrons. The quantitative estimate of drug-likeness (QED) is 0.514. The van der Waals surface area contributed by atoms with E-state index >= 15 is 0 Å². The third kappa shape index (κ3) is 3.85. The second-order valence-electron chi connectivity index (χ2n) is 2.84. The first-order valence-corrected chi connectivity index (χ1v) is 3.88. The Kier molecular flexibility index (Phi) is 4.85. The molecule has 0 aliphatic carbocycles. The number of hydrogen-bond acceptors (Lipinski definition) is 3. The molecule has 1 N–H and O–H groups in total. The molecule has 0 bridgehead atoms. The van der Waals surface area contributed by atoms with E-state index in [0.29, 0.717) is 0 Å². The van der Waals surface area contributed by atoms with Crippen molar-refractivity contribution in [1.82, 2.24) is 5.32 Å². The summed E-state index contributed by atoms with van der Waals surface area (Å²) in [5.74, 6) is 2.79. The van der Waals surface area contributed by atoms with Crippen molar-refractivity contribution in [2.24, 2.45) is 5.92 Å². The molecular weight excluding hydrogens is 162 g/mol. The summed E-state index contributed by atoms with van der Waals surface area (Å²) in [6, 6.07) is 3.34. The van der Waals surface area contributed by atoms with Gasteiger partial charge in [-0.3, -0.25) is 0 Å². The molecule has 0 fully saturated rings. The van der Waals surface area contributed by atoms with Crippen LogP contribution in [0.1, 0.15) is 13.8 Å². The van der Waals surface area contributed by atoms with Crippen LogP contribution in [0.15, 0.2) is 11.8 Å². The van der Waals surface area contributed by atoms with Gasteiger partial charge in [0.1, 0.15) is 17.7 Å². The fraction of sp³-hybridized carbons (Fsp3) is 0.400. The van der Waals surface area contributed by atoms with Crippen LogP contribution in [0.2, 0.25) is 0 Å². The Morgan fingerprint density at radius 2 is 1.92 bits per heavy atom. The summed E-state index contributed by atoms with van der Waals surface area (Å²) < 4.78 is 0. The summed E-state index contributed by atoms with van der Waals surface area (Å²) in [5, 5.41) is 19.7. The molecule has 0 heterocycles. The van der Waals surface area contributed by atoms with Gasteiger partial charge in [0.25, 0.3) is 0 Å². The monoisotopic (exact) mass is 173 g/mol. The lowest BCUT2D eigenvalue weighted by molar-refractivity contribution is 0.528. The van der Waals surface area contributed by atoms with Gasteiger partial charge in [-0.1, -0.05) is 19.8 Å². The number of allylic oxidation sites excluding steroid dienone is 1. The van der Waals surface area contributed by atoms with Gasteiger partial charge in [0.2, 0.25) is 0 Å². The number of nitrogens with one attached hydrogen (secondary N) is 1. The van der Waals surface area contributed by atoms with Gasteiger partial charge in [-0.05, 0) is 5.92 Å². The van der Waals surface area contributed by atoms with Crippen molar-refractivity contribution in [3.05, 3.63) is 11.8 Å². The van der Waals surface area contributed by atoms with E-state index in [1.54, 1.807) is 12.1 Å². The highest BCUT2D eigenvalue weighted by molar-refractivity contribution is 5.34. The van der Waals surface area contributed by atoms with E-state index in [9.17, 15) is 0 Å². The van der Waals surface area contributed by atoms with E-state index in [2.05, 4.69) is 11.2 Å². The van der Waals surface area contributed by atoms with E-state index in [-0.39, 0.29) is 17.5 Å². The standard InChI is InChI=1S/C10H11N3/c1-4-10(8(2)3)13-7-9(5-11)6-12/h1,7-8,10,13H,2-3H3. The van der Waals surface area contributed by atoms with Gasteiger partial charge in [-0.25, -0.2) is 0 Å². The van der Waals surface area contributed by atoms with Crippen molar-refractivity contribution >= 4 is 0 Å². The Morgan fingerprint density at radius 1 is 1.38 bits per heavy atom. The summed E-state index contributed by atoms with van der Waals surface area (Å²) >= 11 is 0. The average Bonchev–Trinajstić information content (AvgIpc) is 2.12. The molecule has 13 heavy (non-hydrogen) atoms. The van der Waals surface area contributed by atoms with Gasteiger partial charge >= 0.3 is 0 Å². The third-order valence-electron chi connectivity index (χ3n) is 1.49. The van der Waals surface area contributed by atoms with Crippen molar-refractivity contribution < 1.29 is 0 Å². The molecule has 0 aromatic rings. The summed E-state index contributed by atoms with van der Waals surface area (Å²) in [6.07, 6.45) is 6.59. The van der Waals surface area contributed by atoms with Crippen LogP contribution in [0.3, 0.4) is 0 Å². The number of terminal acetylenes is 1. The summed E-state index contributed by atoms with van der Waals surface area (Å²) in [7, 11) is 0. The van der Waals surface area contributed by atoms with Gasteiger partial charge in [-0.2, -0.15) is 10.5 Å². The highest BCUT2D eigenvalue weighted by atomic mass is 14.9. The zero-order chi connectivity index (χ0) is 10.3. The van der Waals surface area contributed by atoms with Crippen LogP contribution in [-0.2, 0) is 0 Å². The first-order valence-electron chi connectivity index (χ1n) is 3.88. The zero-order valence-corrected chi connectivity index (χ0v) is 7.70. The average molecular weight is 173 g/mol. The molecule has 0 saturated carbocycles. The number of hydrogen-bond donors (Lipinski definition) is 1. The number of nitrogens with zero attached hydrogens (tertiary/aromatic N) is 2. The predicted molar refractivity (Wildman–Crippen MR) is 49.9 cm³/mol. The summed E-state index contributed by atoms with van der Waals surface area (Å²) in [5.41, 5.74) is 0.0286. The van der Waals surface area contributed by atoms with Crippen molar-refractivity contribution in [2.75, 3.05) is 0 Å². The van der Waals surface area contributed by atoms with Crippen molar-refractivity contribution in [3.63, 3.8) is 0 Å². The van der Waals surface area contributed by atoms with E-state index in [4.69, 9.17) is 16.9 Å². The highest BCUT2D eigenvalue weighted by Gasteiger charge is 2.06. The molecule has 0 saturated heterocycles. The first kappa shape index (κ1) is 11.1. The molecule has 1 unspecified atom stereocenters. The SMILES string of the molecule is C#CC(NC=C(C#N)C#N)C(C)C. The Morgan fingerprint density at radius 3 is 2.23 bits per heavy atom. The van der Waals surface area contributed by atoms with Crippen LogP contribution in [0.5, 0.6) is 0 Å². The lowest BCUT2D eigenvalue weighted by atomic mass is 10.1. The Bertz CT molecular complexity index is 291. The maximum atomic E-state index is 8.42. The number of nitriles is 2. The van der Waals surface area contributed by atoms with Crippen molar-refractivity contribution in [1.29, 1.82) is 10.5 Å².